The molecule has 0 bridgehead atoms. The SMILES string of the molecule is Cc1c([N+](=O)[O-])ccc(C=O)c1O. The molecule has 0 fully saturated rings. The monoisotopic (exact) mass is 181 g/mol. The average Bonchev–Trinajstić information content (AvgIpc) is 2.09. The number of aromatic hydroxyl groups is 1. The first-order valence-corrected chi connectivity index (χ1v) is 3.50. The van der Waals surface area contributed by atoms with Crippen LogP contribution in [0.1, 0.15) is 15.9 Å². The van der Waals surface area contributed by atoms with Crippen molar-refractivity contribution in [3.05, 3.63) is 33.4 Å². The normalized spacial score (nSPS) is 9.62. The Morgan fingerprint density at radius 3 is 2.62 bits per heavy atom. The number of carbonyl (C=O) groups excluding carboxylic acids is 1. The van der Waals surface area contributed by atoms with E-state index in [0.29, 0.717) is 6.29 Å². The van der Waals surface area contributed by atoms with Crippen LogP contribution >= 0.6 is 0 Å². The van der Waals surface area contributed by atoms with E-state index >= 15 is 0 Å². The summed E-state index contributed by atoms with van der Waals surface area (Å²) in [5.74, 6) is -0.329. The molecule has 0 aliphatic rings. The molecular weight excluding hydrogens is 174 g/mol. The number of nitro benzene ring substituents is 1. The average molecular weight is 181 g/mol. The van der Waals surface area contributed by atoms with E-state index in [2.05, 4.69) is 0 Å². The highest BCUT2D eigenvalue weighted by Gasteiger charge is 2.15. The lowest BCUT2D eigenvalue weighted by Gasteiger charge is -2.01. The zero-order valence-electron chi connectivity index (χ0n) is 6.85. The van der Waals surface area contributed by atoms with E-state index in [9.17, 15) is 20.0 Å². The predicted octanol–water partition coefficient (Wildman–Crippen LogP) is 1.42. The van der Waals surface area contributed by atoms with Gasteiger partial charge >= 0.3 is 0 Å². The van der Waals surface area contributed by atoms with E-state index in [1.165, 1.54) is 19.1 Å². The number of hydrogen-bond acceptors (Lipinski definition) is 4. The minimum Gasteiger partial charge on any atom is -0.507 e. The molecule has 0 saturated heterocycles. The summed E-state index contributed by atoms with van der Waals surface area (Å²) in [6.45, 7) is 1.39. The van der Waals surface area contributed by atoms with Crippen LogP contribution in [0, 0.1) is 17.0 Å². The first-order chi connectivity index (χ1) is 6.07. The van der Waals surface area contributed by atoms with Gasteiger partial charge in [0.2, 0.25) is 0 Å². The minimum absolute atomic E-state index is 0.0584. The molecule has 0 saturated carbocycles. The molecule has 0 spiro atoms. The van der Waals surface area contributed by atoms with E-state index in [1.54, 1.807) is 0 Å². The molecule has 0 aliphatic carbocycles. The number of phenols is 1. The smallest absolute Gasteiger partial charge is 0.276 e. The highest BCUT2D eigenvalue weighted by atomic mass is 16.6. The Balaban J connectivity index is 3.39. The molecule has 0 aromatic heterocycles. The number of carbonyl (C=O) groups is 1. The number of phenolic OH excluding ortho intramolecular Hbond substituents is 1. The second kappa shape index (κ2) is 3.22. The second-order valence-corrected chi connectivity index (χ2v) is 2.52. The highest BCUT2D eigenvalue weighted by Crippen LogP contribution is 2.28. The van der Waals surface area contributed by atoms with Crippen molar-refractivity contribution in [1.82, 2.24) is 0 Å². The summed E-state index contributed by atoms with van der Waals surface area (Å²) >= 11 is 0. The van der Waals surface area contributed by atoms with Gasteiger partial charge in [-0.2, -0.15) is 0 Å². The molecule has 13 heavy (non-hydrogen) atoms. The van der Waals surface area contributed by atoms with E-state index in [1.807, 2.05) is 0 Å². The largest absolute Gasteiger partial charge is 0.507 e. The molecule has 0 radical (unpaired) electrons. The summed E-state index contributed by atoms with van der Waals surface area (Å²) in [4.78, 5) is 20.1. The minimum atomic E-state index is -0.608. The van der Waals surface area contributed by atoms with E-state index in [-0.39, 0.29) is 22.6 Å². The predicted molar refractivity (Wildman–Crippen MR) is 44.9 cm³/mol. The molecule has 1 rings (SSSR count). The third-order valence-corrected chi connectivity index (χ3v) is 1.76. The summed E-state index contributed by atoms with van der Waals surface area (Å²) in [5, 5.41) is 19.7. The molecule has 0 amide bonds. The first-order valence-electron chi connectivity index (χ1n) is 3.50. The van der Waals surface area contributed by atoms with Crippen molar-refractivity contribution in [2.45, 2.75) is 6.92 Å². The number of nitro groups is 1. The summed E-state index contributed by atoms with van der Waals surface area (Å²) in [6, 6.07) is 2.41. The zero-order valence-corrected chi connectivity index (χ0v) is 6.85. The van der Waals surface area contributed by atoms with Gasteiger partial charge in [0.05, 0.1) is 16.1 Å². The lowest BCUT2D eigenvalue weighted by atomic mass is 10.1. The lowest BCUT2D eigenvalue weighted by Crippen LogP contribution is -1.93. The Labute approximate surface area is 73.8 Å². The summed E-state index contributed by atoms with van der Waals surface area (Å²) < 4.78 is 0. The molecule has 0 heterocycles. The van der Waals surface area contributed by atoms with Crippen molar-refractivity contribution < 1.29 is 14.8 Å². The van der Waals surface area contributed by atoms with Gasteiger partial charge in [0, 0.05) is 6.07 Å². The quantitative estimate of drug-likeness (QED) is 0.425. The van der Waals surface area contributed by atoms with Crippen molar-refractivity contribution >= 4 is 12.0 Å². The van der Waals surface area contributed by atoms with Crippen LogP contribution in [0.3, 0.4) is 0 Å². The summed E-state index contributed by atoms with van der Waals surface area (Å²) in [5.41, 5.74) is -0.0270. The van der Waals surface area contributed by atoms with Crippen molar-refractivity contribution in [2.75, 3.05) is 0 Å². The van der Waals surface area contributed by atoms with Gasteiger partial charge in [0.15, 0.2) is 6.29 Å². The fourth-order valence-electron chi connectivity index (χ4n) is 1.00. The van der Waals surface area contributed by atoms with Crippen LogP contribution in [0.25, 0.3) is 0 Å². The Hall–Kier alpha value is -1.91. The Morgan fingerprint density at radius 2 is 2.15 bits per heavy atom. The molecule has 0 aliphatic heterocycles. The molecule has 5 heteroatoms. The zero-order chi connectivity index (χ0) is 10.0. The molecule has 1 aromatic carbocycles. The van der Waals surface area contributed by atoms with Crippen molar-refractivity contribution in [1.29, 1.82) is 0 Å². The van der Waals surface area contributed by atoms with Crippen LogP contribution in [0.5, 0.6) is 5.75 Å². The fraction of sp³-hybridized carbons (Fsp3) is 0.125. The molecule has 5 nitrogen and oxygen atoms in total. The van der Waals surface area contributed by atoms with Gasteiger partial charge in [-0.25, -0.2) is 0 Å². The topological polar surface area (TPSA) is 80.4 Å². The maximum absolute atomic E-state index is 10.4. The van der Waals surface area contributed by atoms with Crippen LogP contribution in [-0.4, -0.2) is 16.3 Å². The molecule has 1 aromatic rings. The van der Waals surface area contributed by atoms with Crippen LogP contribution in [0.4, 0.5) is 5.69 Å². The van der Waals surface area contributed by atoms with Crippen molar-refractivity contribution in [3.8, 4) is 5.75 Å². The fourth-order valence-corrected chi connectivity index (χ4v) is 1.00. The molecule has 0 unspecified atom stereocenters. The highest BCUT2D eigenvalue weighted by molar-refractivity contribution is 5.81. The number of aldehydes is 1. The van der Waals surface area contributed by atoms with Gasteiger partial charge in [-0.05, 0) is 13.0 Å². The van der Waals surface area contributed by atoms with Gasteiger partial charge in [-0.1, -0.05) is 0 Å². The number of rotatable bonds is 2. The molecule has 1 N–H and O–H groups in total. The number of hydrogen-bond donors (Lipinski definition) is 1. The Morgan fingerprint density at radius 1 is 1.54 bits per heavy atom. The van der Waals surface area contributed by atoms with Gasteiger partial charge in [0.25, 0.3) is 5.69 Å². The number of benzene rings is 1. The lowest BCUT2D eigenvalue weighted by molar-refractivity contribution is -0.385. The third-order valence-electron chi connectivity index (χ3n) is 1.76. The summed E-state index contributed by atoms with van der Waals surface area (Å²) in [7, 11) is 0. The Bertz CT molecular complexity index is 373. The van der Waals surface area contributed by atoms with Crippen molar-refractivity contribution in [2.24, 2.45) is 0 Å². The standard InChI is InChI=1S/C8H7NO4/c1-5-7(9(12)13)3-2-6(4-10)8(5)11/h2-4,11H,1H3. The van der Waals surface area contributed by atoms with Crippen LogP contribution in [0.15, 0.2) is 12.1 Å². The maximum atomic E-state index is 10.4. The Kier molecular flexibility index (Phi) is 2.27. The van der Waals surface area contributed by atoms with Crippen LogP contribution < -0.4 is 0 Å². The van der Waals surface area contributed by atoms with E-state index in [0.717, 1.165) is 0 Å². The van der Waals surface area contributed by atoms with Gasteiger partial charge < -0.3 is 5.11 Å². The molecular formula is C8H7NO4. The van der Waals surface area contributed by atoms with E-state index in [4.69, 9.17) is 0 Å². The van der Waals surface area contributed by atoms with Crippen LogP contribution in [0.2, 0.25) is 0 Å². The maximum Gasteiger partial charge on any atom is 0.276 e. The second-order valence-electron chi connectivity index (χ2n) is 2.52. The van der Waals surface area contributed by atoms with Gasteiger partial charge in [-0.3, -0.25) is 14.9 Å². The van der Waals surface area contributed by atoms with Crippen molar-refractivity contribution in [3.63, 3.8) is 0 Å². The third kappa shape index (κ3) is 1.48. The first kappa shape index (κ1) is 9.18. The van der Waals surface area contributed by atoms with Gasteiger partial charge in [-0.15, -0.1) is 0 Å². The molecule has 0 atom stereocenters. The van der Waals surface area contributed by atoms with Crippen LogP contribution in [-0.2, 0) is 0 Å². The molecule has 68 valence electrons. The van der Waals surface area contributed by atoms with E-state index < -0.39 is 4.92 Å². The number of nitrogens with zero attached hydrogens (tertiary/aromatic N) is 1. The van der Waals surface area contributed by atoms with Gasteiger partial charge in [0.1, 0.15) is 5.75 Å². The summed E-state index contributed by atoms with van der Waals surface area (Å²) in [6.07, 6.45) is 0.450.